The second kappa shape index (κ2) is 8.68. The van der Waals surface area contributed by atoms with Crippen molar-refractivity contribution in [1.29, 1.82) is 0 Å². The minimum atomic E-state index is -3.83. The molecule has 0 N–H and O–H groups in total. The van der Waals surface area contributed by atoms with Crippen LogP contribution in [0.5, 0.6) is 11.5 Å². The van der Waals surface area contributed by atoms with Gasteiger partial charge in [-0.2, -0.15) is 0 Å². The molecule has 0 saturated carbocycles. The molecular formula is C23H19Br2NO4S. The average Bonchev–Trinajstić information content (AvgIpc) is 3.07. The zero-order valence-electron chi connectivity index (χ0n) is 16.8. The molecule has 5 nitrogen and oxygen atoms in total. The number of ether oxygens (including phenoxy) is 2. The first-order valence-electron chi connectivity index (χ1n) is 9.37. The Balaban J connectivity index is 1.99. The van der Waals surface area contributed by atoms with Crippen LogP contribution in [0.1, 0.15) is 11.3 Å². The highest BCUT2D eigenvalue weighted by molar-refractivity contribution is 9.11. The van der Waals surface area contributed by atoms with Crippen LogP contribution in [0.15, 0.2) is 80.6 Å². The summed E-state index contributed by atoms with van der Waals surface area (Å²) in [5.41, 5.74) is 2.01. The molecule has 31 heavy (non-hydrogen) atoms. The fourth-order valence-corrected chi connectivity index (χ4v) is 6.42. The maximum atomic E-state index is 13.7. The number of nitrogens with zero attached hydrogens (tertiary/aromatic N) is 1. The normalized spacial score (nSPS) is 11.6. The van der Waals surface area contributed by atoms with Crippen molar-refractivity contribution < 1.29 is 17.9 Å². The number of hydrogen-bond acceptors (Lipinski definition) is 4. The van der Waals surface area contributed by atoms with Crippen molar-refractivity contribution in [2.24, 2.45) is 0 Å². The van der Waals surface area contributed by atoms with E-state index < -0.39 is 10.0 Å². The highest BCUT2D eigenvalue weighted by Crippen LogP contribution is 2.39. The van der Waals surface area contributed by atoms with Crippen LogP contribution in [0.4, 0.5) is 0 Å². The van der Waals surface area contributed by atoms with E-state index in [1.54, 1.807) is 44.6 Å². The average molecular weight is 565 g/mol. The maximum absolute atomic E-state index is 13.7. The summed E-state index contributed by atoms with van der Waals surface area (Å²) < 4.78 is 41.3. The highest BCUT2D eigenvalue weighted by Gasteiger charge is 2.27. The molecule has 3 aromatic carbocycles. The van der Waals surface area contributed by atoms with Gasteiger partial charge in [-0.05, 0) is 62.2 Å². The van der Waals surface area contributed by atoms with Crippen LogP contribution in [0.25, 0.3) is 10.9 Å². The predicted octanol–water partition coefficient (Wildman–Crippen LogP) is 6.01. The van der Waals surface area contributed by atoms with E-state index in [2.05, 4.69) is 31.9 Å². The van der Waals surface area contributed by atoms with Crippen molar-refractivity contribution in [2.45, 2.75) is 11.3 Å². The minimum absolute atomic E-state index is 0.227. The van der Waals surface area contributed by atoms with Crippen molar-refractivity contribution in [1.82, 2.24) is 3.97 Å². The predicted molar refractivity (Wildman–Crippen MR) is 129 cm³/mol. The number of rotatable bonds is 6. The van der Waals surface area contributed by atoms with Gasteiger partial charge in [0.25, 0.3) is 10.0 Å². The molecule has 0 fully saturated rings. The Bertz CT molecular complexity index is 1370. The van der Waals surface area contributed by atoms with Crippen LogP contribution in [0.3, 0.4) is 0 Å². The molecule has 8 heteroatoms. The standard InChI is InChI=1S/C23H19Br2NO4S/c1-29-21-14-18(24)22(30-2)13-15(21)12-20-23(25)17-10-6-7-11-19(17)26(20)31(27,28)16-8-4-3-5-9-16/h3-11,13-14H,12H2,1-2H3. The lowest BCUT2D eigenvalue weighted by Gasteiger charge is -2.15. The van der Waals surface area contributed by atoms with E-state index in [1.807, 2.05) is 36.4 Å². The van der Waals surface area contributed by atoms with E-state index in [0.717, 1.165) is 19.9 Å². The number of hydrogen-bond donors (Lipinski definition) is 0. The largest absolute Gasteiger partial charge is 0.496 e. The molecule has 0 amide bonds. The van der Waals surface area contributed by atoms with Crippen LogP contribution in [0.2, 0.25) is 0 Å². The van der Waals surface area contributed by atoms with E-state index in [-0.39, 0.29) is 4.90 Å². The van der Waals surface area contributed by atoms with Gasteiger partial charge in [0, 0.05) is 21.8 Å². The number of methoxy groups -OCH3 is 2. The summed E-state index contributed by atoms with van der Waals surface area (Å²) in [7, 11) is -0.661. The fraction of sp³-hybridized carbons (Fsp3) is 0.130. The molecule has 0 saturated heterocycles. The quantitative estimate of drug-likeness (QED) is 0.288. The van der Waals surface area contributed by atoms with Gasteiger partial charge in [0.1, 0.15) is 11.5 Å². The molecule has 0 spiro atoms. The summed E-state index contributed by atoms with van der Waals surface area (Å²) in [6.07, 6.45) is 0.314. The van der Waals surface area contributed by atoms with Gasteiger partial charge in [-0.3, -0.25) is 0 Å². The third kappa shape index (κ3) is 3.88. The summed E-state index contributed by atoms with van der Waals surface area (Å²) >= 11 is 7.13. The summed E-state index contributed by atoms with van der Waals surface area (Å²) in [5, 5.41) is 0.819. The van der Waals surface area contributed by atoms with Crippen LogP contribution in [0, 0.1) is 0 Å². The van der Waals surface area contributed by atoms with E-state index >= 15 is 0 Å². The molecule has 160 valence electrons. The summed E-state index contributed by atoms with van der Waals surface area (Å²) in [6, 6.07) is 19.5. The van der Waals surface area contributed by atoms with Gasteiger partial charge in [-0.15, -0.1) is 0 Å². The second-order valence-electron chi connectivity index (χ2n) is 6.84. The highest BCUT2D eigenvalue weighted by atomic mass is 79.9. The first-order valence-corrected chi connectivity index (χ1v) is 12.4. The molecule has 1 aromatic heterocycles. The van der Waals surface area contributed by atoms with Crippen molar-refractivity contribution in [3.05, 3.63) is 86.9 Å². The molecular weight excluding hydrogens is 546 g/mol. The van der Waals surface area contributed by atoms with E-state index in [9.17, 15) is 8.42 Å². The summed E-state index contributed by atoms with van der Waals surface area (Å²) in [4.78, 5) is 0.227. The molecule has 0 unspecified atom stereocenters. The van der Waals surface area contributed by atoms with E-state index in [4.69, 9.17) is 9.47 Å². The van der Waals surface area contributed by atoms with Crippen LogP contribution < -0.4 is 9.47 Å². The Kier molecular flexibility index (Phi) is 6.14. The van der Waals surface area contributed by atoms with Crippen molar-refractivity contribution in [2.75, 3.05) is 14.2 Å². The van der Waals surface area contributed by atoms with Crippen molar-refractivity contribution in [3.8, 4) is 11.5 Å². The second-order valence-corrected chi connectivity index (χ2v) is 10.3. The number of halogens is 2. The molecule has 0 aliphatic carbocycles. The third-order valence-corrected chi connectivity index (χ3v) is 8.32. The molecule has 0 radical (unpaired) electrons. The van der Waals surface area contributed by atoms with Crippen LogP contribution in [-0.2, 0) is 16.4 Å². The lowest BCUT2D eigenvalue weighted by molar-refractivity contribution is 0.397. The Labute approximate surface area is 197 Å². The molecule has 0 aliphatic rings. The van der Waals surface area contributed by atoms with Crippen LogP contribution >= 0.6 is 31.9 Å². The van der Waals surface area contributed by atoms with Gasteiger partial charge in [-0.25, -0.2) is 12.4 Å². The first-order chi connectivity index (χ1) is 14.9. The Hall–Kier alpha value is -2.29. The lowest BCUT2D eigenvalue weighted by atomic mass is 10.1. The Morgan fingerprint density at radius 2 is 1.52 bits per heavy atom. The third-order valence-electron chi connectivity index (χ3n) is 5.05. The van der Waals surface area contributed by atoms with Gasteiger partial charge in [-0.1, -0.05) is 36.4 Å². The Morgan fingerprint density at radius 1 is 0.871 bits per heavy atom. The fourth-order valence-electron chi connectivity index (χ4n) is 3.59. The van der Waals surface area contributed by atoms with Gasteiger partial charge in [0.2, 0.25) is 0 Å². The SMILES string of the molecule is COc1cc(Cc2c(Br)c3ccccc3n2S(=O)(=O)c2ccccc2)c(OC)cc1Br. The summed E-state index contributed by atoms with van der Waals surface area (Å²) in [6.45, 7) is 0. The van der Waals surface area contributed by atoms with E-state index in [0.29, 0.717) is 29.1 Å². The molecule has 4 rings (SSSR count). The van der Waals surface area contributed by atoms with Crippen molar-refractivity contribution >= 4 is 52.8 Å². The monoisotopic (exact) mass is 563 g/mol. The molecule has 0 aliphatic heterocycles. The van der Waals surface area contributed by atoms with Crippen LogP contribution in [-0.4, -0.2) is 26.6 Å². The van der Waals surface area contributed by atoms with E-state index in [1.165, 1.54) is 3.97 Å². The molecule has 4 aromatic rings. The van der Waals surface area contributed by atoms with Gasteiger partial charge in [0.15, 0.2) is 0 Å². The number of aromatic nitrogens is 1. The van der Waals surface area contributed by atoms with Crippen molar-refractivity contribution in [3.63, 3.8) is 0 Å². The summed E-state index contributed by atoms with van der Waals surface area (Å²) in [5.74, 6) is 1.27. The topological polar surface area (TPSA) is 57.5 Å². The number of benzene rings is 3. The minimum Gasteiger partial charge on any atom is -0.496 e. The Morgan fingerprint density at radius 3 is 2.19 bits per heavy atom. The lowest BCUT2D eigenvalue weighted by Crippen LogP contribution is -2.16. The zero-order valence-corrected chi connectivity index (χ0v) is 20.8. The number of fused-ring (bicyclic) bond motifs is 1. The molecule has 0 atom stereocenters. The molecule has 1 heterocycles. The van der Waals surface area contributed by atoms with Gasteiger partial charge < -0.3 is 9.47 Å². The number of para-hydroxylation sites is 1. The van der Waals surface area contributed by atoms with Gasteiger partial charge in [0.05, 0.1) is 34.8 Å². The van der Waals surface area contributed by atoms with Gasteiger partial charge >= 0.3 is 0 Å². The first kappa shape index (κ1) is 21.9. The smallest absolute Gasteiger partial charge is 0.268 e. The molecule has 0 bridgehead atoms. The maximum Gasteiger partial charge on any atom is 0.268 e. The zero-order chi connectivity index (χ0) is 22.2.